The first-order valence-electron chi connectivity index (χ1n) is 6.81. The van der Waals surface area contributed by atoms with Crippen LogP contribution in [0.1, 0.15) is 28.3 Å². The molecule has 0 amide bonds. The Bertz CT molecular complexity index is 663. The maximum absolute atomic E-state index is 12.5. The molecular formula is C13H16F3N5S2. The van der Waals surface area contributed by atoms with Crippen molar-refractivity contribution in [3.63, 3.8) is 0 Å². The van der Waals surface area contributed by atoms with Crippen LogP contribution in [0.15, 0.2) is 15.8 Å². The Morgan fingerprint density at radius 2 is 1.83 bits per heavy atom. The van der Waals surface area contributed by atoms with Crippen molar-refractivity contribution in [3.05, 3.63) is 32.2 Å². The van der Waals surface area contributed by atoms with Crippen LogP contribution >= 0.6 is 22.7 Å². The lowest BCUT2D eigenvalue weighted by Gasteiger charge is -2.09. The van der Waals surface area contributed by atoms with Gasteiger partial charge in [0, 0.05) is 17.8 Å². The SMILES string of the molecule is CCc1nc(CNC(=NC)NCc2nc(C(F)(F)F)cs2)cs1. The van der Waals surface area contributed by atoms with E-state index in [4.69, 9.17) is 0 Å². The number of aryl methyl sites for hydroxylation is 1. The summed E-state index contributed by atoms with van der Waals surface area (Å²) in [7, 11) is 1.59. The molecule has 2 rings (SSSR count). The van der Waals surface area contributed by atoms with Crippen LogP contribution < -0.4 is 10.6 Å². The van der Waals surface area contributed by atoms with E-state index in [0.717, 1.165) is 33.8 Å². The fourth-order valence-electron chi connectivity index (χ4n) is 1.67. The lowest BCUT2D eigenvalue weighted by molar-refractivity contribution is -0.140. The van der Waals surface area contributed by atoms with Crippen LogP contribution in [0, 0.1) is 0 Å². The van der Waals surface area contributed by atoms with E-state index in [9.17, 15) is 13.2 Å². The largest absolute Gasteiger partial charge is 0.434 e. The summed E-state index contributed by atoms with van der Waals surface area (Å²) >= 11 is 2.56. The van der Waals surface area contributed by atoms with E-state index >= 15 is 0 Å². The molecule has 0 unspecified atom stereocenters. The van der Waals surface area contributed by atoms with Gasteiger partial charge in [-0.05, 0) is 6.42 Å². The number of halogens is 3. The average molecular weight is 363 g/mol. The Balaban J connectivity index is 1.84. The van der Waals surface area contributed by atoms with Crippen molar-refractivity contribution in [2.24, 2.45) is 4.99 Å². The van der Waals surface area contributed by atoms with Crippen molar-refractivity contribution in [1.29, 1.82) is 0 Å². The fourth-order valence-corrected chi connectivity index (χ4v) is 3.15. The van der Waals surface area contributed by atoms with Crippen LogP contribution in [0.2, 0.25) is 0 Å². The number of guanidine groups is 1. The Labute approximate surface area is 139 Å². The quantitative estimate of drug-likeness (QED) is 0.633. The summed E-state index contributed by atoms with van der Waals surface area (Å²) < 4.78 is 37.5. The third-order valence-corrected chi connectivity index (χ3v) is 4.70. The minimum absolute atomic E-state index is 0.178. The summed E-state index contributed by atoms with van der Waals surface area (Å²) in [5.74, 6) is 0.486. The number of hydrogen-bond donors (Lipinski definition) is 2. The molecule has 0 fully saturated rings. The number of nitrogens with zero attached hydrogens (tertiary/aromatic N) is 3. The van der Waals surface area contributed by atoms with Crippen molar-refractivity contribution in [3.8, 4) is 0 Å². The monoisotopic (exact) mass is 363 g/mol. The molecule has 0 saturated carbocycles. The summed E-state index contributed by atoms with van der Waals surface area (Å²) in [5, 5.41) is 10.4. The van der Waals surface area contributed by atoms with Crippen LogP contribution in [0.5, 0.6) is 0 Å². The Hall–Kier alpha value is -1.68. The maximum atomic E-state index is 12.5. The lowest BCUT2D eigenvalue weighted by Crippen LogP contribution is -2.36. The van der Waals surface area contributed by atoms with Crippen molar-refractivity contribution in [2.75, 3.05) is 7.05 Å². The van der Waals surface area contributed by atoms with Gasteiger partial charge in [-0.25, -0.2) is 9.97 Å². The molecule has 0 aromatic carbocycles. The molecule has 0 aliphatic heterocycles. The molecule has 0 atom stereocenters. The summed E-state index contributed by atoms with van der Waals surface area (Å²) in [6, 6.07) is 0. The van der Waals surface area contributed by atoms with Gasteiger partial charge in [-0.3, -0.25) is 4.99 Å². The first-order valence-corrected chi connectivity index (χ1v) is 8.57. The number of hydrogen-bond acceptors (Lipinski definition) is 5. The van der Waals surface area contributed by atoms with Gasteiger partial charge in [0.25, 0.3) is 0 Å². The number of nitrogens with one attached hydrogen (secondary N) is 2. The zero-order valence-corrected chi connectivity index (χ0v) is 14.2. The lowest BCUT2D eigenvalue weighted by atomic mass is 10.4. The van der Waals surface area contributed by atoms with E-state index in [1.165, 1.54) is 0 Å². The zero-order valence-electron chi connectivity index (χ0n) is 12.6. The molecule has 23 heavy (non-hydrogen) atoms. The molecule has 2 aromatic heterocycles. The summed E-state index contributed by atoms with van der Waals surface area (Å²) in [5.41, 5.74) is 0.0419. The zero-order chi connectivity index (χ0) is 16.9. The average Bonchev–Trinajstić information content (AvgIpc) is 3.15. The molecule has 0 aliphatic carbocycles. The minimum atomic E-state index is -4.41. The second kappa shape index (κ2) is 7.73. The van der Waals surface area contributed by atoms with Gasteiger partial charge in [0.1, 0.15) is 5.01 Å². The second-order valence-corrected chi connectivity index (χ2v) is 6.38. The standard InChI is InChI=1S/C13H16F3N5S2/c1-3-10-20-8(6-22-10)4-18-12(17-2)19-5-11-21-9(7-23-11)13(14,15)16/h6-7H,3-5H2,1-2H3,(H2,17,18,19). The summed E-state index contributed by atoms with van der Waals surface area (Å²) in [6.45, 7) is 2.72. The molecule has 2 heterocycles. The molecule has 126 valence electrons. The topological polar surface area (TPSA) is 62.2 Å². The van der Waals surface area contributed by atoms with Gasteiger partial charge in [-0.2, -0.15) is 13.2 Å². The maximum Gasteiger partial charge on any atom is 0.434 e. The first kappa shape index (κ1) is 17.7. The molecule has 10 heteroatoms. The van der Waals surface area contributed by atoms with Gasteiger partial charge in [-0.15, -0.1) is 22.7 Å². The predicted molar refractivity (Wildman–Crippen MR) is 85.6 cm³/mol. The highest BCUT2D eigenvalue weighted by Crippen LogP contribution is 2.29. The third-order valence-electron chi connectivity index (χ3n) is 2.81. The van der Waals surface area contributed by atoms with Gasteiger partial charge in [0.05, 0.1) is 23.8 Å². The van der Waals surface area contributed by atoms with Crippen LogP contribution in [0.4, 0.5) is 13.2 Å². The third kappa shape index (κ3) is 5.17. The Morgan fingerprint density at radius 3 is 2.39 bits per heavy atom. The highest BCUT2D eigenvalue weighted by molar-refractivity contribution is 7.09. The van der Waals surface area contributed by atoms with Gasteiger partial charge in [0.2, 0.25) is 0 Å². The van der Waals surface area contributed by atoms with E-state index in [2.05, 4.69) is 25.6 Å². The van der Waals surface area contributed by atoms with Crippen molar-refractivity contribution < 1.29 is 13.2 Å². The summed E-state index contributed by atoms with van der Waals surface area (Å²) in [6.07, 6.45) is -3.51. The van der Waals surface area contributed by atoms with Crippen LogP contribution in [-0.4, -0.2) is 23.0 Å². The molecule has 2 N–H and O–H groups in total. The second-order valence-electron chi connectivity index (χ2n) is 4.49. The van der Waals surface area contributed by atoms with Crippen molar-refractivity contribution in [1.82, 2.24) is 20.6 Å². The Morgan fingerprint density at radius 1 is 1.13 bits per heavy atom. The summed E-state index contributed by atoms with van der Waals surface area (Å²) in [4.78, 5) is 12.0. The van der Waals surface area contributed by atoms with Crippen molar-refractivity contribution >= 4 is 28.6 Å². The van der Waals surface area contributed by atoms with Gasteiger partial charge >= 0.3 is 6.18 Å². The van der Waals surface area contributed by atoms with E-state index < -0.39 is 11.9 Å². The number of thiazole rings is 2. The van der Waals surface area contributed by atoms with Crippen LogP contribution in [0.3, 0.4) is 0 Å². The number of rotatable bonds is 5. The number of alkyl halides is 3. The van der Waals surface area contributed by atoms with Crippen LogP contribution in [-0.2, 0) is 25.7 Å². The fraction of sp³-hybridized carbons (Fsp3) is 0.462. The molecule has 0 aliphatic rings. The van der Waals surface area contributed by atoms with E-state index in [1.54, 1.807) is 18.4 Å². The molecule has 0 spiro atoms. The molecule has 0 radical (unpaired) electrons. The first-order chi connectivity index (χ1) is 10.9. The highest BCUT2D eigenvalue weighted by Gasteiger charge is 2.33. The highest BCUT2D eigenvalue weighted by atomic mass is 32.1. The number of aromatic nitrogens is 2. The predicted octanol–water partition coefficient (Wildman–Crippen LogP) is 3.05. The number of aliphatic imine (C=N–C) groups is 1. The molecule has 0 bridgehead atoms. The minimum Gasteiger partial charge on any atom is -0.351 e. The van der Waals surface area contributed by atoms with E-state index in [1.807, 2.05) is 12.3 Å². The Kier molecular flexibility index (Phi) is 5.94. The molecule has 2 aromatic rings. The van der Waals surface area contributed by atoms with E-state index in [-0.39, 0.29) is 6.54 Å². The molecule has 0 saturated heterocycles. The van der Waals surface area contributed by atoms with Gasteiger partial charge in [-0.1, -0.05) is 6.92 Å². The van der Waals surface area contributed by atoms with Crippen LogP contribution in [0.25, 0.3) is 0 Å². The molecule has 5 nitrogen and oxygen atoms in total. The smallest absolute Gasteiger partial charge is 0.351 e. The molecular weight excluding hydrogens is 347 g/mol. The van der Waals surface area contributed by atoms with E-state index in [0.29, 0.717) is 17.5 Å². The van der Waals surface area contributed by atoms with Crippen molar-refractivity contribution in [2.45, 2.75) is 32.6 Å². The van der Waals surface area contributed by atoms with Gasteiger partial charge < -0.3 is 10.6 Å². The normalized spacial score (nSPS) is 12.5. The van der Waals surface area contributed by atoms with Gasteiger partial charge in [0.15, 0.2) is 11.7 Å².